The molecule has 1 saturated carbocycles. The summed E-state index contributed by atoms with van der Waals surface area (Å²) in [5.74, 6) is 0.367. The fourth-order valence-corrected chi connectivity index (χ4v) is 8.75. The number of rotatable bonds is 7. The molecular formula is C30H42ClN5O4S. The molecule has 2 fully saturated rings. The van der Waals surface area contributed by atoms with Crippen LogP contribution in [0.4, 0.5) is 17.5 Å². The second kappa shape index (κ2) is 10.8. The Bertz CT molecular complexity index is 1420. The second-order valence-corrected chi connectivity index (χ2v) is 15.8. The summed E-state index contributed by atoms with van der Waals surface area (Å²) in [4.78, 5) is 26.3. The maximum absolute atomic E-state index is 13.5. The van der Waals surface area contributed by atoms with Gasteiger partial charge in [-0.2, -0.15) is 4.98 Å². The van der Waals surface area contributed by atoms with Crippen LogP contribution < -0.4 is 10.2 Å². The van der Waals surface area contributed by atoms with Gasteiger partial charge in [0, 0.05) is 29.9 Å². The molecule has 1 aliphatic carbocycles. The van der Waals surface area contributed by atoms with E-state index < -0.39 is 26.9 Å². The number of nitrogens with one attached hydrogen (secondary N) is 1. The van der Waals surface area contributed by atoms with Gasteiger partial charge in [-0.3, -0.25) is 9.69 Å². The largest absolute Gasteiger partial charge is 0.388 e. The first-order valence-corrected chi connectivity index (χ1v) is 16.5. The molecule has 5 rings (SSSR count). The fraction of sp³-hybridized carbons (Fsp3) is 0.633. The molecule has 1 aromatic heterocycles. The van der Waals surface area contributed by atoms with E-state index in [-0.39, 0.29) is 22.5 Å². The molecule has 3 aliphatic rings. The van der Waals surface area contributed by atoms with Gasteiger partial charge in [0.1, 0.15) is 11.2 Å². The monoisotopic (exact) mass is 603 g/mol. The van der Waals surface area contributed by atoms with Crippen LogP contribution in [0.1, 0.15) is 71.4 Å². The smallest absolute Gasteiger partial charge is 0.246 e. The lowest BCUT2D eigenvalue weighted by atomic mass is 9.63. The van der Waals surface area contributed by atoms with Crippen LogP contribution in [-0.4, -0.2) is 75.7 Å². The lowest BCUT2D eigenvalue weighted by Crippen LogP contribution is -2.55. The van der Waals surface area contributed by atoms with E-state index in [9.17, 15) is 18.3 Å². The van der Waals surface area contributed by atoms with Crippen molar-refractivity contribution in [2.24, 2.45) is 5.41 Å². The van der Waals surface area contributed by atoms with E-state index in [0.29, 0.717) is 28.9 Å². The molecule has 3 heterocycles. The average Bonchev–Trinajstić information content (AvgIpc) is 2.88. The number of nitrogens with zero attached hydrogens (tertiary/aromatic N) is 4. The standard InChI is InChI=1S/C30H42ClN5O4S/c1-18(2)35-11-9-30(10-12-35)15-23(16-30)41(39,40)22-7-8-25(19(3)13-22)33-28-32-17-21-14-24(31)27(37)36(26(21)34-28)20(4)29(5,6)38/h7-8,13,17-18,20,23-24,38H,9-12,14-16H2,1-6H3,(H,32,33,34). The number of piperidine rings is 1. The maximum atomic E-state index is 13.5. The summed E-state index contributed by atoms with van der Waals surface area (Å²) in [6, 6.07) is 5.08. The zero-order chi connectivity index (χ0) is 29.9. The van der Waals surface area contributed by atoms with Gasteiger partial charge in [-0.05, 0) is 109 Å². The van der Waals surface area contributed by atoms with Crippen molar-refractivity contribution >= 4 is 44.8 Å². The topological polar surface area (TPSA) is 116 Å². The van der Waals surface area contributed by atoms with Crippen molar-refractivity contribution in [1.29, 1.82) is 0 Å². The van der Waals surface area contributed by atoms with Crippen LogP contribution in [-0.2, 0) is 21.1 Å². The summed E-state index contributed by atoms with van der Waals surface area (Å²) < 4.78 is 27.0. The van der Waals surface area contributed by atoms with E-state index in [1.54, 1.807) is 45.2 Å². The first kappa shape index (κ1) is 30.2. The van der Waals surface area contributed by atoms with Crippen LogP contribution in [0.25, 0.3) is 0 Å². The predicted molar refractivity (Wildman–Crippen MR) is 162 cm³/mol. The third kappa shape index (κ3) is 5.72. The number of aryl methyl sites for hydroxylation is 1. The van der Waals surface area contributed by atoms with Crippen LogP contribution in [0.15, 0.2) is 29.3 Å². The molecule has 41 heavy (non-hydrogen) atoms. The number of hydrogen-bond donors (Lipinski definition) is 2. The second-order valence-electron chi connectivity index (χ2n) is 13.1. The lowest BCUT2D eigenvalue weighted by Gasteiger charge is -2.52. The number of aliphatic hydroxyl groups is 1. The maximum Gasteiger partial charge on any atom is 0.246 e. The van der Waals surface area contributed by atoms with E-state index in [1.807, 2.05) is 6.92 Å². The molecule has 2 unspecified atom stereocenters. The van der Waals surface area contributed by atoms with Gasteiger partial charge in [-0.15, -0.1) is 11.6 Å². The van der Waals surface area contributed by atoms with Gasteiger partial charge in [0.05, 0.1) is 21.8 Å². The summed E-state index contributed by atoms with van der Waals surface area (Å²) in [5, 5.41) is 12.7. The van der Waals surface area contributed by atoms with Gasteiger partial charge in [-0.1, -0.05) is 0 Å². The molecule has 1 spiro atoms. The number of carbonyl (C=O) groups is 1. The fourth-order valence-electron chi connectivity index (χ4n) is 6.35. The molecule has 9 nitrogen and oxygen atoms in total. The number of halogens is 1. The molecule has 2 N–H and O–H groups in total. The molecule has 0 bridgehead atoms. The van der Waals surface area contributed by atoms with E-state index in [2.05, 4.69) is 34.0 Å². The van der Waals surface area contributed by atoms with Crippen molar-refractivity contribution in [3.05, 3.63) is 35.5 Å². The quantitative estimate of drug-likeness (QED) is 0.441. The van der Waals surface area contributed by atoms with Gasteiger partial charge in [0.2, 0.25) is 11.9 Å². The molecule has 2 atom stereocenters. The Hall–Kier alpha value is -2.27. The highest BCUT2D eigenvalue weighted by Crippen LogP contribution is 2.53. The van der Waals surface area contributed by atoms with E-state index >= 15 is 0 Å². The summed E-state index contributed by atoms with van der Waals surface area (Å²) in [6.07, 6.45) is 5.57. The number of amides is 1. The highest BCUT2D eigenvalue weighted by Gasteiger charge is 2.51. The normalized spacial score (nSPS) is 22.5. The van der Waals surface area contributed by atoms with Crippen LogP contribution in [0, 0.1) is 12.3 Å². The summed E-state index contributed by atoms with van der Waals surface area (Å²) in [5.41, 5.74) is 1.14. The molecular weight excluding hydrogens is 562 g/mol. The molecule has 224 valence electrons. The number of aromatic nitrogens is 2. The number of fused-ring (bicyclic) bond motifs is 1. The highest BCUT2D eigenvalue weighted by molar-refractivity contribution is 7.92. The van der Waals surface area contributed by atoms with Gasteiger partial charge >= 0.3 is 0 Å². The van der Waals surface area contributed by atoms with Crippen molar-refractivity contribution in [2.75, 3.05) is 23.3 Å². The van der Waals surface area contributed by atoms with Crippen molar-refractivity contribution in [2.45, 2.75) is 107 Å². The number of anilines is 3. The van der Waals surface area contributed by atoms with E-state index in [0.717, 1.165) is 49.9 Å². The third-order valence-corrected chi connectivity index (χ3v) is 12.0. The first-order chi connectivity index (χ1) is 19.1. The average molecular weight is 604 g/mol. The molecule has 2 aliphatic heterocycles. The van der Waals surface area contributed by atoms with Crippen molar-refractivity contribution < 1.29 is 18.3 Å². The van der Waals surface area contributed by atoms with Gasteiger partial charge < -0.3 is 15.3 Å². The Morgan fingerprint density at radius 3 is 2.41 bits per heavy atom. The molecule has 1 saturated heterocycles. The van der Waals surface area contributed by atoms with Crippen LogP contribution >= 0.6 is 11.6 Å². The minimum Gasteiger partial charge on any atom is -0.388 e. The van der Waals surface area contributed by atoms with Crippen molar-refractivity contribution in [3.8, 4) is 0 Å². The number of carbonyl (C=O) groups excluding carboxylic acids is 1. The molecule has 11 heteroatoms. The lowest BCUT2D eigenvalue weighted by molar-refractivity contribution is -0.120. The van der Waals surface area contributed by atoms with Crippen molar-refractivity contribution in [3.63, 3.8) is 0 Å². The number of likely N-dealkylation sites (tertiary alicyclic amines) is 1. The number of alkyl halides is 1. The van der Waals surface area contributed by atoms with Gasteiger partial charge in [0.15, 0.2) is 9.84 Å². The Kier molecular flexibility index (Phi) is 7.94. The Labute approximate surface area is 248 Å². The summed E-state index contributed by atoms with van der Waals surface area (Å²) in [7, 11) is -3.43. The number of benzene rings is 1. The Morgan fingerprint density at radius 2 is 1.83 bits per heavy atom. The highest BCUT2D eigenvalue weighted by atomic mass is 35.5. The SMILES string of the molecule is Cc1cc(S(=O)(=O)C2CC3(CCN(C(C)C)CC3)C2)ccc1Nc1ncc2c(n1)N(C(C)C(C)(C)O)C(=O)C(Cl)C2. The van der Waals surface area contributed by atoms with Crippen LogP contribution in [0.5, 0.6) is 0 Å². The zero-order valence-electron chi connectivity index (χ0n) is 24.8. The number of hydrogen-bond acceptors (Lipinski definition) is 8. The predicted octanol–water partition coefficient (Wildman–Crippen LogP) is 4.61. The van der Waals surface area contributed by atoms with Gasteiger partial charge in [0.25, 0.3) is 0 Å². The minimum atomic E-state index is -3.43. The molecule has 1 aromatic carbocycles. The van der Waals surface area contributed by atoms with E-state index in [1.165, 1.54) is 4.90 Å². The summed E-state index contributed by atoms with van der Waals surface area (Å²) >= 11 is 6.33. The van der Waals surface area contributed by atoms with Crippen LogP contribution in [0.3, 0.4) is 0 Å². The first-order valence-electron chi connectivity index (χ1n) is 14.5. The zero-order valence-corrected chi connectivity index (χ0v) is 26.4. The van der Waals surface area contributed by atoms with Gasteiger partial charge in [-0.25, -0.2) is 13.4 Å². The molecule has 0 radical (unpaired) electrons. The summed E-state index contributed by atoms with van der Waals surface area (Å²) in [6.45, 7) is 13.4. The molecule has 1 amide bonds. The third-order valence-electron chi connectivity index (χ3n) is 9.51. The van der Waals surface area contributed by atoms with Crippen molar-refractivity contribution in [1.82, 2.24) is 14.9 Å². The minimum absolute atomic E-state index is 0.172. The van der Waals surface area contributed by atoms with E-state index in [4.69, 9.17) is 11.6 Å². The Morgan fingerprint density at radius 1 is 1.17 bits per heavy atom. The van der Waals surface area contributed by atoms with Crippen LogP contribution in [0.2, 0.25) is 0 Å². The molecule has 2 aromatic rings. The number of sulfone groups is 1. The Balaban J connectivity index is 1.31.